The van der Waals surface area contributed by atoms with Crippen molar-refractivity contribution in [3.63, 3.8) is 0 Å². The van der Waals surface area contributed by atoms with Gasteiger partial charge in [0.05, 0.1) is 4.92 Å². The normalized spacial score (nSPS) is 12.4. The molecule has 0 atom stereocenters. The van der Waals surface area contributed by atoms with Crippen LogP contribution in [0.3, 0.4) is 0 Å². The first-order valence-corrected chi connectivity index (χ1v) is 6.92. The quantitative estimate of drug-likeness (QED) is 0.642. The Balaban J connectivity index is 3.46. The van der Waals surface area contributed by atoms with Crippen LogP contribution in [0.15, 0.2) is 29.2 Å². The number of carboxylic acids is 1. The largest absolute Gasteiger partial charge is 0.480 e. The van der Waals surface area contributed by atoms with Crippen molar-refractivity contribution in [2.75, 3.05) is 7.05 Å². The fourth-order valence-electron chi connectivity index (χ4n) is 1.41. The summed E-state index contributed by atoms with van der Waals surface area (Å²) in [6.45, 7) is 2.39. The molecule has 0 spiro atoms. The number of nitro benzene ring substituents is 1. The van der Waals surface area contributed by atoms with Crippen LogP contribution >= 0.6 is 0 Å². The minimum Gasteiger partial charge on any atom is -0.480 e. The number of rotatable bonds is 5. The average molecular weight is 302 g/mol. The van der Waals surface area contributed by atoms with Crippen LogP contribution in [0.1, 0.15) is 13.8 Å². The molecule has 0 fully saturated rings. The maximum atomic E-state index is 12.4. The van der Waals surface area contributed by atoms with Crippen molar-refractivity contribution in [1.29, 1.82) is 0 Å². The highest BCUT2D eigenvalue weighted by Gasteiger charge is 2.42. The molecule has 110 valence electrons. The zero-order valence-electron chi connectivity index (χ0n) is 11.1. The molecule has 0 amide bonds. The molecule has 0 unspecified atom stereocenters. The Hall–Kier alpha value is -2.00. The van der Waals surface area contributed by atoms with Gasteiger partial charge in [-0.15, -0.1) is 0 Å². The van der Waals surface area contributed by atoms with Crippen LogP contribution in [-0.4, -0.2) is 41.3 Å². The van der Waals surface area contributed by atoms with E-state index in [-0.39, 0.29) is 0 Å². The summed E-state index contributed by atoms with van der Waals surface area (Å²) < 4.78 is 25.3. The molecule has 1 N–H and O–H groups in total. The Morgan fingerprint density at radius 2 is 1.85 bits per heavy atom. The van der Waals surface area contributed by atoms with Crippen molar-refractivity contribution in [2.45, 2.75) is 24.3 Å². The number of hydrogen-bond donors (Lipinski definition) is 1. The molecule has 1 aromatic carbocycles. The van der Waals surface area contributed by atoms with Crippen LogP contribution < -0.4 is 0 Å². The molecule has 1 rings (SSSR count). The van der Waals surface area contributed by atoms with Gasteiger partial charge in [-0.1, -0.05) is 12.1 Å². The van der Waals surface area contributed by atoms with Crippen molar-refractivity contribution in [3.8, 4) is 0 Å². The van der Waals surface area contributed by atoms with Crippen molar-refractivity contribution in [1.82, 2.24) is 4.31 Å². The van der Waals surface area contributed by atoms with Gasteiger partial charge in [-0.05, 0) is 19.9 Å². The minimum atomic E-state index is -4.31. The zero-order valence-corrected chi connectivity index (χ0v) is 11.9. The second kappa shape index (κ2) is 5.17. The molecular formula is C11H14N2O6S. The van der Waals surface area contributed by atoms with Gasteiger partial charge < -0.3 is 5.11 Å². The van der Waals surface area contributed by atoms with Crippen molar-refractivity contribution >= 4 is 21.7 Å². The van der Waals surface area contributed by atoms with E-state index in [0.717, 1.165) is 19.2 Å². The minimum absolute atomic E-state index is 0.540. The molecular weight excluding hydrogens is 288 g/mol. The third-order valence-electron chi connectivity index (χ3n) is 3.01. The van der Waals surface area contributed by atoms with Gasteiger partial charge in [0.25, 0.3) is 15.7 Å². The lowest BCUT2D eigenvalue weighted by Gasteiger charge is -2.30. The fourth-order valence-corrected chi connectivity index (χ4v) is 3.04. The smallest absolute Gasteiger partial charge is 0.324 e. The summed E-state index contributed by atoms with van der Waals surface area (Å²) in [4.78, 5) is 20.6. The fraction of sp³-hybridized carbons (Fsp3) is 0.364. The highest BCUT2D eigenvalue weighted by molar-refractivity contribution is 7.89. The van der Waals surface area contributed by atoms with Crippen molar-refractivity contribution in [2.24, 2.45) is 0 Å². The van der Waals surface area contributed by atoms with Crippen LogP contribution in [0.4, 0.5) is 5.69 Å². The molecule has 0 aliphatic carbocycles. The lowest BCUT2D eigenvalue weighted by molar-refractivity contribution is -0.387. The number of aliphatic carboxylic acids is 1. The summed E-state index contributed by atoms with van der Waals surface area (Å²) in [5, 5.41) is 19.9. The van der Waals surface area contributed by atoms with E-state index >= 15 is 0 Å². The number of likely N-dealkylation sites (N-methyl/N-ethyl adjacent to an activating group) is 1. The number of carboxylic acid groups (broad SMARTS) is 1. The topological polar surface area (TPSA) is 118 Å². The van der Waals surface area contributed by atoms with E-state index in [0.29, 0.717) is 4.31 Å². The number of hydrogen-bond acceptors (Lipinski definition) is 5. The zero-order chi connectivity index (χ0) is 15.7. The third-order valence-corrected chi connectivity index (χ3v) is 5.09. The van der Waals surface area contributed by atoms with E-state index in [2.05, 4.69) is 0 Å². The number of nitro groups is 1. The molecule has 0 bridgehead atoms. The Morgan fingerprint density at radius 1 is 1.35 bits per heavy atom. The maximum Gasteiger partial charge on any atom is 0.324 e. The number of carbonyl (C=O) groups is 1. The molecule has 1 aromatic rings. The molecule has 9 heteroatoms. The number of benzene rings is 1. The number of para-hydroxylation sites is 1. The Labute approximate surface area is 115 Å². The van der Waals surface area contributed by atoms with Gasteiger partial charge in [0.15, 0.2) is 4.90 Å². The van der Waals surface area contributed by atoms with E-state index < -0.39 is 37.0 Å². The number of nitrogens with zero attached hydrogens (tertiary/aromatic N) is 2. The summed E-state index contributed by atoms with van der Waals surface area (Å²) >= 11 is 0. The van der Waals surface area contributed by atoms with E-state index in [1.165, 1.54) is 26.0 Å². The van der Waals surface area contributed by atoms with Gasteiger partial charge in [-0.25, -0.2) is 8.42 Å². The van der Waals surface area contributed by atoms with Crippen molar-refractivity contribution in [3.05, 3.63) is 34.4 Å². The van der Waals surface area contributed by atoms with Gasteiger partial charge in [0.2, 0.25) is 0 Å². The molecule has 20 heavy (non-hydrogen) atoms. The molecule has 0 aromatic heterocycles. The Kier molecular flexibility index (Phi) is 4.15. The molecule has 0 heterocycles. The third kappa shape index (κ3) is 2.63. The standard InChI is InChI=1S/C11H14N2O6S/c1-11(2,10(14)15)12(3)20(18,19)9-7-5-4-6-8(9)13(16)17/h4-7H,1-3H3,(H,14,15). The first-order valence-electron chi connectivity index (χ1n) is 5.48. The van der Waals surface area contributed by atoms with Crippen LogP contribution in [0.5, 0.6) is 0 Å². The van der Waals surface area contributed by atoms with Crippen LogP contribution in [-0.2, 0) is 14.8 Å². The van der Waals surface area contributed by atoms with E-state index in [1.54, 1.807) is 0 Å². The Morgan fingerprint density at radius 3 is 2.30 bits per heavy atom. The van der Waals surface area contributed by atoms with E-state index in [1.807, 2.05) is 0 Å². The molecule has 0 aliphatic heterocycles. The summed E-state index contributed by atoms with van der Waals surface area (Å²) in [6, 6.07) is 4.79. The second-order valence-corrected chi connectivity index (χ2v) is 6.50. The summed E-state index contributed by atoms with van der Waals surface area (Å²) in [5.41, 5.74) is -2.33. The van der Waals surface area contributed by atoms with Crippen molar-refractivity contribution < 1.29 is 23.2 Å². The molecule has 8 nitrogen and oxygen atoms in total. The van der Waals surface area contributed by atoms with E-state index in [9.17, 15) is 23.3 Å². The highest BCUT2D eigenvalue weighted by atomic mass is 32.2. The van der Waals surface area contributed by atoms with Gasteiger partial charge in [-0.3, -0.25) is 14.9 Å². The van der Waals surface area contributed by atoms with E-state index in [4.69, 9.17) is 5.11 Å². The lowest BCUT2D eigenvalue weighted by atomic mass is 10.1. The molecule has 0 radical (unpaired) electrons. The van der Waals surface area contributed by atoms with Gasteiger partial charge in [-0.2, -0.15) is 4.31 Å². The van der Waals surface area contributed by atoms with Crippen LogP contribution in [0, 0.1) is 10.1 Å². The monoisotopic (exact) mass is 302 g/mol. The van der Waals surface area contributed by atoms with Crippen LogP contribution in [0.25, 0.3) is 0 Å². The SMILES string of the molecule is CN(C(C)(C)C(=O)O)S(=O)(=O)c1ccccc1[N+](=O)[O-]. The van der Waals surface area contributed by atoms with Gasteiger partial charge in [0.1, 0.15) is 5.54 Å². The molecule has 0 aliphatic rings. The number of sulfonamides is 1. The first-order chi connectivity index (χ1) is 9.02. The predicted octanol–water partition coefficient (Wildman–Crippen LogP) is 1.08. The highest BCUT2D eigenvalue weighted by Crippen LogP contribution is 2.29. The van der Waals surface area contributed by atoms with Crippen LogP contribution in [0.2, 0.25) is 0 Å². The average Bonchev–Trinajstić information content (AvgIpc) is 2.37. The first kappa shape index (κ1) is 16.1. The Bertz CT molecular complexity index is 653. The van der Waals surface area contributed by atoms with Gasteiger partial charge >= 0.3 is 5.97 Å². The summed E-state index contributed by atoms with van der Waals surface area (Å²) in [7, 11) is -3.24. The maximum absolute atomic E-state index is 12.4. The van der Waals surface area contributed by atoms with Gasteiger partial charge in [0, 0.05) is 13.1 Å². The second-order valence-electron chi connectivity index (χ2n) is 4.56. The summed E-state index contributed by atoms with van der Waals surface area (Å²) in [6.07, 6.45) is 0. The lowest BCUT2D eigenvalue weighted by Crippen LogP contribution is -2.50. The molecule has 0 saturated heterocycles. The predicted molar refractivity (Wildman–Crippen MR) is 69.8 cm³/mol. The molecule has 0 saturated carbocycles. The summed E-state index contributed by atoms with van der Waals surface area (Å²) in [5.74, 6) is -1.36.